The maximum absolute atomic E-state index is 14.1. The monoisotopic (exact) mass is 461 g/mol. The van der Waals surface area contributed by atoms with E-state index in [1.54, 1.807) is 11.4 Å². The standard InChI is InChI=1S/C21H14F3N3O4S/c1-12(28)27(16-5-3-2-4-15(16)22)20-26-14(11-32-20)7-9-19(29)25-13-6-8-17-18(10-13)31-21(23,24)30-17/h2-11H,1H3,(H,25,29). The van der Waals surface area contributed by atoms with Crippen molar-refractivity contribution in [2.24, 2.45) is 0 Å². The highest BCUT2D eigenvalue weighted by atomic mass is 32.1. The Balaban J connectivity index is 1.45. The molecular formula is C21H14F3N3O4S. The third kappa shape index (κ3) is 4.57. The first kappa shape index (κ1) is 21.4. The van der Waals surface area contributed by atoms with Gasteiger partial charge in [-0.25, -0.2) is 9.37 Å². The second-order valence-electron chi connectivity index (χ2n) is 6.51. The zero-order chi connectivity index (χ0) is 22.9. The summed E-state index contributed by atoms with van der Waals surface area (Å²) in [6.45, 7) is 1.29. The molecule has 0 fully saturated rings. The van der Waals surface area contributed by atoms with E-state index in [2.05, 4.69) is 19.8 Å². The van der Waals surface area contributed by atoms with Gasteiger partial charge in [0.2, 0.25) is 11.8 Å². The van der Waals surface area contributed by atoms with Crippen molar-refractivity contribution in [3.05, 3.63) is 65.4 Å². The first-order valence-corrected chi connectivity index (χ1v) is 9.99. The number of amides is 2. The topological polar surface area (TPSA) is 80.8 Å². The van der Waals surface area contributed by atoms with E-state index >= 15 is 0 Å². The highest BCUT2D eigenvalue weighted by Crippen LogP contribution is 2.42. The first-order chi connectivity index (χ1) is 15.2. The van der Waals surface area contributed by atoms with E-state index in [0.717, 1.165) is 16.2 Å². The van der Waals surface area contributed by atoms with Gasteiger partial charge in [-0.05, 0) is 30.3 Å². The summed E-state index contributed by atoms with van der Waals surface area (Å²) < 4.78 is 48.9. The molecule has 2 aromatic carbocycles. The Labute approximate surface area is 183 Å². The molecule has 0 unspecified atom stereocenters. The van der Waals surface area contributed by atoms with Crippen LogP contribution in [0.2, 0.25) is 0 Å². The maximum Gasteiger partial charge on any atom is 0.586 e. The summed E-state index contributed by atoms with van der Waals surface area (Å²) in [4.78, 5) is 29.6. The SMILES string of the molecule is CC(=O)N(c1nc(C=CC(=O)Nc2ccc3c(c2)OC(F)(F)O3)cs1)c1ccccc1F. The summed E-state index contributed by atoms with van der Waals surface area (Å²) in [5.41, 5.74) is 0.657. The number of carbonyl (C=O) groups is 2. The van der Waals surface area contributed by atoms with Gasteiger partial charge >= 0.3 is 6.29 Å². The molecule has 3 aromatic rings. The predicted molar refractivity (Wildman–Crippen MR) is 112 cm³/mol. The van der Waals surface area contributed by atoms with Crippen molar-refractivity contribution in [2.75, 3.05) is 10.2 Å². The number of anilines is 3. The Morgan fingerprint density at radius 1 is 1.16 bits per heavy atom. The molecule has 0 aliphatic carbocycles. The lowest BCUT2D eigenvalue weighted by Crippen LogP contribution is -2.25. The van der Waals surface area contributed by atoms with Crippen LogP contribution in [0.25, 0.3) is 6.08 Å². The number of alkyl halides is 2. The van der Waals surface area contributed by atoms with Gasteiger partial charge in [-0.2, -0.15) is 0 Å². The van der Waals surface area contributed by atoms with E-state index in [4.69, 9.17) is 0 Å². The van der Waals surface area contributed by atoms with Gasteiger partial charge in [-0.1, -0.05) is 12.1 Å². The average molecular weight is 461 g/mol. The molecule has 2 heterocycles. The van der Waals surface area contributed by atoms with E-state index in [9.17, 15) is 22.8 Å². The first-order valence-electron chi connectivity index (χ1n) is 9.11. The molecule has 2 amide bonds. The number of rotatable bonds is 5. The predicted octanol–water partition coefficient (Wildman–Crippen LogP) is 4.94. The lowest BCUT2D eigenvalue weighted by atomic mass is 10.2. The Kier molecular flexibility index (Phi) is 5.57. The molecule has 4 rings (SSSR count). The number of benzene rings is 2. The highest BCUT2D eigenvalue weighted by Gasteiger charge is 2.43. The van der Waals surface area contributed by atoms with Crippen LogP contribution in [0.3, 0.4) is 0 Å². The van der Waals surface area contributed by atoms with Crippen LogP contribution in [0, 0.1) is 5.82 Å². The summed E-state index contributed by atoms with van der Waals surface area (Å²) in [5.74, 6) is -1.88. The number of nitrogens with zero attached hydrogens (tertiary/aromatic N) is 2. The lowest BCUT2D eigenvalue weighted by molar-refractivity contribution is -0.286. The normalized spacial score (nSPS) is 13.9. The molecular weight excluding hydrogens is 447 g/mol. The molecule has 7 nitrogen and oxygen atoms in total. The van der Waals surface area contributed by atoms with Crippen LogP contribution in [0.5, 0.6) is 11.5 Å². The zero-order valence-corrected chi connectivity index (χ0v) is 17.2. The largest absolute Gasteiger partial charge is 0.586 e. The molecule has 0 bridgehead atoms. The van der Waals surface area contributed by atoms with Crippen molar-refractivity contribution >= 4 is 45.7 Å². The minimum absolute atomic E-state index is 0.0657. The third-order valence-electron chi connectivity index (χ3n) is 4.18. The lowest BCUT2D eigenvalue weighted by Gasteiger charge is -2.18. The number of nitrogens with one attached hydrogen (secondary N) is 1. The molecule has 0 spiro atoms. The van der Waals surface area contributed by atoms with Crippen molar-refractivity contribution in [3.8, 4) is 11.5 Å². The summed E-state index contributed by atoms with van der Waals surface area (Å²) >= 11 is 1.10. The number of ether oxygens (including phenoxy) is 2. The second-order valence-corrected chi connectivity index (χ2v) is 7.35. The molecule has 1 aliphatic heterocycles. The molecule has 0 saturated heterocycles. The molecule has 0 saturated carbocycles. The number of para-hydroxylation sites is 1. The second kappa shape index (κ2) is 8.35. The number of carbonyl (C=O) groups excluding carboxylic acids is 2. The van der Waals surface area contributed by atoms with Crippen LogP contribution in [-0.4, -0.2) is 23.1 Å². The molecule has 1 aliphatic rings. The fourth-order valence-corrected chi connectivity index (χ4v) is 3.72. The molecule has 0 atom stereocenters. The summed E-state index contributed by atoms with van der Waals surface area (Å²) in [7, 11) is 0. The molecule has 1 N–H and O–H groups in total. The Bertz CT molecular complexity index is 1230. The van der Waals surface area contributed by atoms with Crippen LogP contribution in [0.1, 0.15) is 12.6 Å². The zero-order valence-electron chi connectivity index (χ0n) is 16.3. The Morgan fingerprint density at radius 3 is 2.66 bits per heavy atom. The van der Waals surface area contributed by atoms with E-state index < -0.39 is 23.9 Å². The summed E-state index contributed by atoms with van der Waals surface area (Å²) in [5, 5.41) is 4.34. The van der Waals surface area contributed by atoms with Crippen LogP contribution in [0.4, 0.5) is 29.7 Å². The van der Waals surface area contributed by atoms with Gasteiger partial charge in [-0.15, -0.1) is 20.1 Å². The minimum atomic E-state index is -3.75. The third-order valence-corrected chi connectivity index (χ3v) is 5.03. The van der Waals surface area contributed by atoms with E-state index in [1.165, 1.54) is 55.5 Å². The van der Waals surface area contributed by atoms with Crippen LogP contribution < -0.4 is 19.7 Å². The Morgan fingerprint density at radius 2 is 1.91 bits per heavy atom. The summed E-state index contributed by atoms with van der Waals surface area (Å²) in [6, 6.07) is 9.66. The average Bonchev–Trinajstić information content (AvgIpc) is 3.30. The molecule has 0 radical (unpaired) electrons. The Hall–Kier alpha value is -3.86. The molecule has 164 valence electrons. The van der Waals surface area contributed by atoms with Crippen molar-refractivity contribution < 1.29 is 32.2 Å². The fourth-order valence-electron chi connectivity index (χ4n) is 2.87. The van der Waals surface area contributed by atoms with Crippen molar-refractivity contribution in [1.82, 2.24) is 4.98 Å². The fraction of sp³-hybridized carbons (Fsp3) is 0.0952. The van der Waals surface area contributed by atoms with E-state index in [-0.39, 0.29) is 28.0 Å². The number of hydrogen-bond donors (Lipinski definition) is 1. The highest BCUT2D eigenvalue weighted by molar-refractivity contribution is 7.14. The van der Waals surface area contributed by atoms with Gasteiger partial charge in [0.15, 0.2) is 16.6 Å². The van der Waals surface area contributed by atoms with Crippen molar-refractivity contribution in [2.45, 2.75) is 13.2 Å². The van der Waals surface area contributed by atoms with Gasteiger partial charge in [0.1, 0.15) is 5.82 Å². The number of aromatic nitrogens is 1. The van der Waals surface area contributed by atoms with E-state index in [1.807, 2.05) is 0 Å². The van der Waals surface area contributed by atoms with Gasteiger partial charge in [0.25, 0.3) is 0 Å². The number of hydrogen-bond acceptors (Lipinski definition) is 6. The quantitative estimate of drug-likeness (QED) is 0.545. The smallest absolute Gasteiger partial charge is 0.395 e. The number of halogens is 3. The van der Waals surface area contributed by atoms with Gasteiger partial charge in [0.05, 0.1) is 11.4 Å². The van der Waals surface area contributed by atoms with Gasteiger partial charge in [-0.3, -0.25) is 14.5 Å². The number of fused-ring (bicyclic) bond motifs is 1. The van der Waals surface area contributed by atoms with E-state index in [0.29, 0.717) is 5.69 Å². The van der Waals surface area contributed by atoms with Crippen molar-refractivity contribution in [1.29, 1.82) is 0 Å². The van der Waals surface area contributed by atoms with Crippen molar-refractivity contribution in [3.63, 3.8) is 0 Å². The van der Waals surface area contributed by atoms with Gasteiger partial charge in [0, 0.05) is 30.1 Å². The number of thiazole rings is 1. The maximum atomic E-state index is 14.1. The van der Waals surface area contributed by atoms with Crippen LogP contribution in [0.15, 0.2) is 53.9 Å². The molecule has 11 heteroatoms. The minimum Gasteiger partial charge on any atom is -0.395 e. The van der Waals surface area contributed by atoms with Crippen LogP contribution in [-0.2, 0) is 9.59 Å². The van der Waals surface area contributed by atoms with Crippen LogP contribution >= 0.6 is 11.3 Å². The van der Waals surface area contributed by atoms with Gasteiger partial charge < -0.3 is 14.8 Å². The molecule has 32 heavy (non-hydrogen) atoms. The molecule has 1 aromatic heterocycles. The summed E-state index contributed by atoms with van der Waals surface area (Å²) in [6.07, 6.45) is -1.17.